The van der Waals surface area contributed by atoms with E-state index in [1.54, 1.807) is 48.5 Å². The molecule has 4 nitrogen and oxygen atoms in total. The minimum Gasteiger partial charge on any atom is -0.373 e. The quantitative estimate of drug-likeness (QED) is 0.380. The van der Waals surface area contributed by atoms with E-state index < -0.39 is 0 Å². The van der Waals surface area contributed by atoms with Crippen LogP contribution in [-0.4, -0.2) is 24.3 Å². The van der Waals surface area contributed by atoms with Crippen molar-refractivity contribution in [3.63, 3.8) is 0 Å². The molecule has 2 rings (SSSR count). The molecule has 0 aromatic heterocycles. The first kappa shape index (κ1) is 20.7. The van der Waals surface area contributed by atoms with E-state index in [1.807, 2.05) is 48.5 Å². The first-order chi connectivity index (χ1) is 13.5. The van der Waals surface area contributed by atoms with Crippen LogP contribution in [0.4, 0.5) is 0 Å². The average molecular weight is 388 g/mol. The van der Waals surface area contributed by atoms with Crippen LogP contribution in [0.3, 0.4) is 0 Å². The zero-order valence-electron chi connectivity index (χ0n) is 15.3. The smallest absolute Gasteiger partial charge is 0.182 e. The maximum atomic E-state index is 12.4. The van der Waals surface area contributed by atoms with Crippen molar-refractivity contribution in [3.05, 3.63) is 101 Å². The van der Waals surface area contributed by atoms with Gasteiger partial charge in [0, 0.05) is 17.6 Å². The highest BCUT2D eigenvalue weighted by Crippen LogP contribution is 2.17. The summed E-state index contributed by atoms with van der Waals surface area (Å²) in [4.78, 5) is 14.1. The second-order valence-corrected chi connectivity index (χ2v) is 6.39. The maximum Gasteiger partial charge on any atom is 0.182 e. The van der Waals surface area contributed by atoms with E-state index in [9.17, 15) is 4.79 Å². The van der Waals surface area contributed by atoms with Gasteiger partial charge in [-0.2, -0.15) is 10.5 Å². The Labute approximate surface area is 169 Å². The summed E-state index contributed by atoms with van der Waals surface area (Å²) in [6, 6.07) is 20.0. The summed E-state index contributed by atoms with van der Waals surface area (Å²) in [5.74, 6) is -0.0230. The number of carbonyl (C=O) groups excluding carboxylic acids is 1. The number of ketones is 1. The molecule has 28 heavy (non-hydrogen) atoms. The summed E-state index contributed by atoms with van der Waals surface area (Å²) in [5.41, 5.74) is 2.37. The molecule has 2 aromatic carbocycles. The third-order valence-electron chi connectivity index (χ3n) is 3.85. The molecule has 0 radical (unpaired) electrons. The number of allylic oxidation sites excluding steroid dienone is 5. The molecular formula is C23H18ClN3O. The Morgan fingerprint density at radius 3 is 2.25 bits per heavy atom. The molecule has 0 aliphatic rings. The average Bonchev–Trinajstić information content (AvgIpc) is 2.72. The lowest BCUT2D eigenvalue weighted by Crippen LogP contribution is -2.20. The highest BCUT2D eigenvalue weighted by atomic mass is 35.5. The fourth-order valence-electron chi connectivity index (χ4n) is 2.37. The molecule has 0 amide bonds. The van der Waals surface area contributed by atoms with E-state index >= 15 is 0 Å². The molecule has 0 spiro atoms. The molecule has 138 valence electrons. The molecule has 0 N–H and O–H groups in total. The molecule has 0 saturated heterocycles. The SMILES string of the molecule is CN(C=CC(=CC=C(C#N)C#N)c1ccccc1)CC(=O)c1ccc(Cl)cc1. The maximum absolute atomic E-state index is 12.4. The predicted octanol–water partition coefficient (Wildman–Crippen LogP) is 5.03. The molecule has 0 saturated carbocycles. The van der Waals surface area contributed by atoms with Gasteiger partial charge in [-0.15, -0.1) is 0 Å². The lowest BCUT2D eigenvalue weighted by Gasteiger charge is -2.13. The molecule has 0 aliphatic heterocycles. The van der Waals surface area contributed by atoms with Gasteiger partial charge in [-0.3, -0.25) is 4.79 Å². The van der Waals surface area contributed by atoms with Crippen molar-refractivity contribution >= 4 is 23.0 Å². The van der Waals surface area contributed by atoms with Crippen molar-refractivity contribution in [1.82, 2.24) is 4.90 Å². The summed E-state index contributed by atoms with van der Waals surface area (Å²) in [7, 11) is 1.80. The van der Waals surface area contributed by atoms with Gasteiger partial charge in [-0.1, -0.05) is 48.0 Å². The van der Waals surface area contributed by atoms with E-state index in [-0.39, 0.29) is 17.9 Å². The highest BCUT2D eigenvalue weighted by molar-refractivity contribution is 6.30. The van der Waals surface area contributed by atoms with Crippen LogP contribution in [0.5, 0.6) is 0 Å². The third kappa shape index (κ3) is 6.29. The van der Waals surface area contributed by atoms with Gasteiger partial charge in [-0.25, -0.2) is 0 Å². The number of nitriles is 2. The molecule has 0 aliphatic carbocycles. The minimum absolute atomic E-state index is 0.0214. The van der Waals surface area contributed by atoms with Crippen molar-refractivity contribution in [2.24, 2.45) is 0 Å². The van der Waals surface area contributed by atoms with Gasteiger partial charge >= 0.3 is 0 Å². The monoisotopic (exact) mass is 387 g/mol. The highest BCUT2D eigenvalue weighted by Gasteiger charge is 2.07. The van der Waals surface area contributed by atoms with Crippen LogP contribution >= 0.6 is 11.6 Å². The fourth-order valence-corrected chi connectivity index (χ4v) is 2.49. The Balaban J connectivity index is 2.17. The van der Waals surface area contributed by atoms with Crippen molar-refractivity contribution in [2.75, 3.05) is 13.6 Å². The van der Waals surface area contributed by atoms with Crippen LogP contribution in [-0.2, 0) is 0 Å². The summed E-state index contributed by atoms with van der Waals surface area (Å²) < 4.78 is 0. The van der Waals surface area contributed by atoms with Crippen molar-refractivity contribution in [3.8, 4) is 12.1 Å². The summed E-state index contributed by atoms with van der Waals surface area (Å²) in [6.45, 7) is 0.206. The van der Waals surface area contributed by atoms with Crippen LogP contribution in [0.2, 0.25) is 5.02 Å². The Bertz CT molecular complexity index is 975. The number of halogens is 1. The second kappa shape index (κ2) is 10.5. The topological polar surface area (TPSA) is 67.9 Å². The Kier molecular flexibility index (Phi) is 7.78. The summed E-state index contributed by atoms with van der Waals surface area (Å²) >= 11 is 5.85. The largest absolute Gasteiger partial charge is 0.373 e. The number of Topliss-reactive ketones (excluding diaryl/α,β-unsaturated/α-hetero) is 1. The normalized spacial score (nSPS) is 10.8. The Morgan fingerprint density at radius 1 is 1.00 bits per heavy atom. The molecule has 0 bridgehead atoms. The van der Waals surface area contributed by atoms with Crippen LogP contribution in [0.15, 0.2) is 84.6 Å². The predicted molar refractivity (Wildman–Crippen MR) is 111 cm³/mol. The van der Waals surface area contributed by atoms with E-state index in [2.05, 4.69) is 0 Å². The van der Waals surface area contributed by atoms with Gasteiger partial charge in [-0.05, 0) is 53.8 Å². The lowest BCUT2D eigenvalue weighted by atomic mass is 10.0. The number of hydrogen-bond donors (Lipinski definition) is 0. The van der Waals surface area contributed by atoms with E-state index in [0.29, 0.717) is 10.6 Å². The second-order valence-electron chi connectivity index (χ2n) is 5.95. The molecule has 0 heterocycles. The van der Waals surface area contributed by atoms with Crippen molar-refractivity contribution in [1.29, 1.82) is 10.5 Å². The van der Waals surface area contributed by atoms with Crippen LogP contribution in [0.25, 0.3) is 5.57 Å². The van der Waals surface area contributed by atoms with Gasteiger partial charge in [0.05, 0.1) is 6.54 Å². The number of nitrogens with zero attached hydrogens (tertiary/aromatic N) is 3. The number of rotatable bonds is 7. The van der Waals surface area contributed by atoms with Crippen LogP contribution < -0.4 is 0 Å². The van der Waals surface area contributed by atoms with E-state index in [0.717, 1.165) is 11.1 Å². The minimum atomic E-state index is -0.0230. The van der Waals surface area contributed by atoms with Crippen molar-refractivity contribution < 1.29 is 4.79 Å². The zero-order valence-corrected chi connectivity index (χ0v) is 16.1. The molecule has 0 fully saturated rings. The van der Waals surface area contributed by atoms with Crippen LogP contribution in [0.1, 0.15) is 15.9 Å². The number of carbonyl (C=O) groups is 1. The molecule has 2 aromatic rings. The summed E-state index contributed by atoms with van der Waals surface area (Å²) in [5, 5.41) is 18.4. The van der Waals surface area contributed by atoms with Crippen LogP contribution in [0, 0.1) is 22.7 Å². The molecular weight excluding hydrogens is 370 g/mol. The first-order valence-electron chi connectivity index (χ1n) is 8.48. The molecule has 5 heteroatoms. The standard InChI is InChI=1S/C23H18ClN3O/c1-27(17-23(28)21-9-11-22(24)12-10-21)14-13-20(8-7-18(15-25)16-26)19-5-3-2-4-6-19/h2-14H,17H2,1H3. The van der Waals surface area contributed by atoms with Gasteiger partial charge in [0.25, 0.3) is 0 Å². The number of hydrogen-bond acceptors (Lipinski definition) is 4. The lowest BCUT2D eigenvalue weighted by molar-refractivity contribution is 0.0964. The Morgan fingerprint density at radius 2 is 1.64 bits per heavy atom. The number of benzene rings is 2. The van der Waals surface area contributed by atoms with Gasteiger partial charge < -0.3 is 4.90 Å². The number of likely N-dealkylation sites (N-methyl/N-ethyl adjacent to an activating group) is 1. The van der Waals surface area contributed by atoms with Gasteiger partial charge in [0.2, 0.25) is 0 Å². The van der Waals surface area contributed by atoms with E-state index in [4.69, 9.17) is 22.1 Å². The van der Waals surface area contributed by atoms with Crippen molar-refractivity contribution in [2.45, 2.75) is 0 Å². The van der Waals surface area contributed by atoms with Gasteiger partial charge in [0.15, 0.2) is 5.78 Å². The zero-order chi connectivity index (χ0) is 20.4. The first-order valence-corrected chi connectivity index (χ1v) is 8.86. The Hall–Kier alpha value is -3.60. The van der Waals surface area contributed by atoms with E-state index in [1.165, 1.54) is 6.08 Å². The summed E-state index contributed by atoms with van der Waals surface area (Å²) in [6.07, 6.45) is 6.82. The molecule has 0 unspecified atom stereocenters. The third-order valence-corrected chi connectivity index (χ3v) is 4.10. The molecule has 0 atom stereocenters. The van der Waals surface area contributed by atoms with Gasteiger partial charge in [0.1, 0.15) is 17.7 Å². The fraction of sp³-hybridized carbons (Fsp3) is 0.0870.